The third-order valence-electron chi connectivity index (χ3n) is 1.15. The first-order chi connectivity index (χ1) is 4.83. The number of phenols is 1. The van der Waals surface area contributed by atoms with Crippen LogP contribution in [-0.2, 0) is 0 Å². The van der Waals surface area contributed by atoms with Crippen LogP contribution in [0.25, 0.3) is 0 Å². The maximum absolute atomic E-state index is 8.98. The van der Waals surface area contributed by atoms with Crippen LogP contribution in [-0.4, -0.2) is 18.4 Å². The van der Waals surface area contributed by atoms with E-state index < -0.39 is 0 Å². The molecule has 1 aromatic rings. The zero-order valence-electron chi connectivity index (χ0n) is 5.78. The van der Waals surface area contributed by atoms with Gasteiger partial charge in [0.2, 0.25) is 0 Å². The Morgan fingerprint density at radius 2 is 2.30 bits per heavy atom. The molecular weight excluding hydrogens is 126 g/mol. The van der Waals surface area contributed by atoms with Crippen LogP contribution in [0.1, 0.15) is 5.56 Å². The van der Waals surface area contributed by atoms with Crippen LogP contribution in [0.15, 0.2) is 29.3 Å². The fraction of sp³-hybridized carbons (Fsp3) is 0.125. The molecule has 0 bridgehead atoms. The average Bonchev–Trinajstić information content (AvgIpc) is 1.88. The van der Waals surface area contributed by atoms with Crippen LogP contribution in [0.3, 0.4) is 0 Å². The van der Waals surface area contributed by atoms with E-state index in [1.165, 1.54) is 0 Å². The van der Waals surface area contributed by atoms with Crippen molar-refractivity contribution in [2.75, 3.05) is 7.05 Å². The fourth-order valence-corrected chi connectivity index (χ4v) is 0.754. The summed E-state index contributed by atoms with van der Waals surface area (Å²) >= 11 is 0. The number of aliphatic imine (C=N–C) groups is 1. The first-order valence-electron chi connectivity index (χ1n) is 3.04. The first kappa shape index (κ1) is 6.81. The van der Waals surface area contributed by atoms with Crippen molar-refractivity contribution in [1.82, 2.24) is 0 Å². The molecule has 0 fully saturated rings. The Kier molecular flexibility index (Phi) is 2.05. The van der Waals surface area contributed by atoms with Gasteiger partial charge in [-0.05, 0) is 17.7 Å². The quantitative estimate of drug-likeness (QED) is 0.580. The molecule has 0 saturated carbocycles. The summed E-state index contributed by atoms with van der Waals surface area (Å²) in [5.41, 5.74) is 0.919. The topological polar surface area (TPSA) is 32.6 Å². The zero-order chi connectivity index (χ0) is 7.40. The standard InChI is InChI=1S/C8H9NO/c1-9-6-7-3-2-4-8(10)5-7/h2-6,10H,1H3. The van der Waals surface area contributed by atoms with E-state index in [0.29, 0.717) is 0 Å². The zero-order valence-corrected chi connectivity index (χ0v) is 5.78. The molecule has 0 atom stereocenters. The molecule has 0 aromatic heterocycles. The molecule has 0 aliphatic heterocycles. The van der Waals surface area contributed by atoms with Crippen LogP contribution in [0.5, 0.6) is 5.75 Å². The van der Waals surface area contributed by atoms with Gasteiger partial charge in [0, 0.05) is 13.3 Å². The molecule has 0 spiro atoms. The molecule has 52 valence electrons. The summed E-state index contributed by atoms with van der Waals surface area (Å²) in [5.74, 6) is 0.275. The fourth-order valence-electron chi connectivity index (χ4n) is 0.754. The van der Waals surface area contributed by atoms with E-state index in [0.717, 1.165) is 5.56 Å². The Balaban J connectivity index is 2.95. The van der Waals surface area contributed by atoms with Crippen LogP contribution in [0, 0.1) is 0 Å². The third kappa shape index (κ3) is 1.58. The molecule has 0 amide bonds. The number of hydrogen-bond donors (Lipinski definition) is 1. The van der Waals surface area contributed by atoms with E-state index in [1.807, 2.05) is 6.07 Å². The third-order valence-corrected chi connectivity index (χ3v) is 1.15. The molecule has 0 radical (unpaired) electrons. The molecule has 1 rings (SSSR count). The van der Waals surface area contributed by atoms with Gasteiger partial charge in [0.1, 0.15) is 5.75 Å². The minimum absolute atomic E-state index is 0.275. The Hall–Kier alpha value is -1.31. The van der Waals surface area contributed by atoms with Crippen LogP contribution >= 0.6 is 0 Å². The highest BCUT2D eigenvalue weighted by molar-refractivity contribution is 5.79. The van der Waals surface area contributed by atoms with Gasteiger partial charge in [-0.25, -0.2) is 0 Å². The van der Waals surface area contributed by atoms with Crippen molar-refractivity contribution in [1.29, 1.82) is 0 Å². The number of phenolic OH excluding ortho intramolecular Hbond substituents is 1. The van der Waals surface area contributed by atoms with E-state index >= 15 is 0 Å². The highest BCUT2D eigenvalue weighted by atomic mass is 16.3. The summed E-state index contributed by atoms with van der Waals surface area (Å²) in [4.78, 5) is 3.81. The number of hydrogen-bond acceptors (Lipinski definition) is 2. The van der Waals surface area contributed by atoms with Gasteiger partial charge in [0.15, 0.2) is 0 Å². The molecular formula is C8H9NO. The lowest BCUT2D eigenvalue weighted by molar-refractivity contribution is 0.475. The molecule has 10 heavy (non-hydrogen) atoms. The van der Waals surface area contributed by atoms with Gasteiger partial charge in [-0.3, -0.25) is 4.99 Å². The van der Waals surface area contributed by atoms with Crippen molar-refractivity contribution in [3.05, 3.63) is 29.8 Å². The number of rotatable bonds is 1. The summed E-state index contributed by atoms with van der Waals surface area (Å²) in [5, 5.41) is 8.98. The predicted octanol–water partition coefficient (Wildman–Crippen LogP) is 1.44. The summed E-state index contributed by atoms with van der Waals surface area (Å²) in [6, 6.07) is 6.96. The van der Waals surface area contributed by atoms with Gasteiger partial charge in [-0.2, -0.15) is 0 Å². The summed E-state index contributed by atoms with van der Waals surface area (Å²) in [7, 11) is 1.70. The monoisotopic (exact) mass is 135 g/mol. The van der Waals surface area contributed by atoms with E-state index in [9.17, 15) is 0 Å². The lowest BCUT2D eigenvalue weighted by Crippen LogP contribution is -1.77. The lowest BCUT2D eigenvalue weighted by atomic mass is 10.2. The molecule has 1 aromatic carbocycles. The van der Waals surface area contributed by atoms with Crippen molar-refractivity contribution < 1.29 is 5.11 Å². The normalized spacial score (nSPS) is 10.5. The van der Waals surface area contributed by atoms with Crippen molar-refractivity contribution in [2.24, 2.45) is 4.99 Å². The molecule has 2 heteroatoms. The maximum atomic E-state index is 8.98. The number of benzene rings is 1. The molecule has 1 N–H and O–H groups in total. The van der Waals surface area contributed by atoms with Gasteiger partial charge in [0.25, 0.3) is 0 Å². The average molecular weight is 135 g/mol. The van der Waals surface area contributed by atoms with Gasteiger partial charge in [-0.1, -0.05) is 12.1 Å². The van der Waals surface area contributed by atoms with Crippen LogP contribution in [0.2, 0.25) is 0 Å². The van der Waals surface area contributed by atoms with Crippen molar-refractivity contribution in [2.45, 2.75) is 0 Å². The van der Waals surface area contributed by atoms with Crippen LogP contribution in [0.4, 0.5) is 0 Å². The Bertz CT molecular complexity index is 243. The Morgan fingerprint density at radius 3 is 2.90 bits per heavy atom. The largest absolute Gasteiger partial charge is 0.508 e. The van der Waals surface area contributed by atoms with Crippen molar-refractivity contribution >= 4 is 6.21 Å². The van der Waals surface area contributed by atoms with Gasteiger partial charge >= 0.3 is 0 Å². The van der Waals surface area contributed by atoms with Crippen LogP contribution < -0.4 is 0 Å². The second-order valence-electron chi connectivity index (χ2n) is 1.98. The molecule has 0 aliphatic rings. The molecule has 0 unspecified atom stereocenters. The molecule has 0 aliphatic carbocycles. The van der Waals surface area contributed by atoms with E-state index in [1.54, 1.807) is 31.5 Å². The smallest absolute Gasteiger partial charge is 0.116 e. The van der Waals surface area contributed by atoms with Crippen molar-refractivity contribution in [3.8, 4) is 5.75 Å². The lowest BCUT2D eigenvalue weighted by Gasteiger charge is -1.91. The maximum Gasteiger partial charge on any atom is 0.116 e. The summed E-state index contributed by atoms with van der Waals surface area (Å²) in [6.07, 6.45) is 1.69. The van der Waals surface area contributed by atoms with E-state index in [-0.39, 0.29) is 5.75 Å². The van der Waals surface area contributed by atoms with Crippen molar-refractivity contribution in [3.63, 3.8) is 0 Å². The van der Waals surface area contributed by atoms with Gasteiger partial charge < -0.3 is 5.11 Å². The summed E-state index contributed by atoms with van der Waals surface area (Å²) < 4.78 is 0. The summed E-state index contributed by atoms with van der Waals surface area (Å²) in [6.45, 7) is 0. The van der Waals surface area contributed by atoms with E-state index in [4.69, 9.17) is 5.11 Å². The minimum atomic E-state index is 0.275. The van der Waals surface area contributed by atoms with E-state index in [2.05, 4.69) is 4.99 Å². The second-order valence-corrected chi connectivity index (χ2v) is 1.98. The first-order valence-corrected chi connectivity index (χ1v) is 3.04. The highest BCUT2D eigenvalue weighted by Gasteiger charge is 1.87. The molecule has 0 heterocycles. The highest BCUT2D eigenvalue weighted by Crippen LogP contribution is 2.08. The predicted molar refractivity (Wildman–Crippen MR) is 41.6 cm³/mol. The molecule has 0 saturated heterocycles. The second kappa shape index (κ2) is 3.01. The van der Waals surface area contributed by atoms with Gasteiger partial charge in [-0.15, -0.1) is 0 Å². The Labute approximate surface area is 59.9 Å². The Morgan fingerprint density at radius 1 is 1.50 bits per heavy atom. The number of nitrogens with zero attached hydrogens (tertiary/aromatic N) is 1. The van der Waals surface area contributed by atoms with Gasteiger partial charge in [0.05, 0.1) is 0 Å². The SMILES string of the molecule is CN=Cc1cccc(O)c1. The number of aromatic hydroxyl groups is 1. The minimum Gasteiger partial charge on any atom is -0.508 e. The molecule has 2 nitrogen and oxygen atoms in total.